The summed E-state index contributed by atoms with van der Waals surface area (Å²) < 4.78 is 13.9. The molecule has 0 atom stereocenters. The minimum Gasteiger partial charge on any atom is -0.392 e. The number of nitrogen functional groups attached to an aromatic ring is 1. The Morgan fingerprint density at radius 3 is 3.00 bits per heavy atom. The Bertz CT molecular complexity index is 455. The zero-order valence-electron chi connectivity index (χ0n) is 6.62. The van der Waals surface area contributed by atoms with Gasteiger partial charge < -0.3 is 10.8 Å². The van der Waals surface area contributed by atoms with Gasteiger partial charge in [0.15, 0.2) is 10.9 Å². The summed E-state index contributed by atoms with van der Waals surface area (Å²) in [5, 5.41) is 9.15. The van der Waals surface area contributed by atoms with E-state index in [1.807, 2.05) is 0 Å². The summed E-state index contributed by atoms with van der Waals surface area (Å²) in [4.78, 5) is 3.83. The molecule has 0 bridgehead atoms. The molecule has 0 amide bonds. The van der Waals surface area contributed by atoms with E-state index in [1.54, 1.807) is 6.07 Å². The van der Waals surface area contributed by atoms with E-state index in [-0.39, 0.29) is 12.1 Å². The van der Waals surface area contributed by atoms with Gasteiger partial charge in [0.05, 0.1) is 11.3 Å². The van der Waals surface area contributed by atoms with Crippen molar-refractivity contribution in [2.75, 3.05) is 5.73 Å². The van der Waals surface area contributed by atoms with Gasteiger partial charge in [-0.1, -0.05) is 11.3 Å². The third-order valence-corrected chi connectivity index (χ3v) is 2.54. The molecular weight excluding hydrogens is 191 g/mol. The van der Waals surface area contributed by atoms with E-state index in [2.05, 4.69) is 4.98 Å². The largest absolute Gasteiger partial charge is 0.392 e. The first kappa shape index (κ1) is 8.40. The van der Waals surface area contributed by atoms with Crippen LogP contribution in [0, 0.1) is 5.82 Å². The molecule has 2 rings (SSSR count). The van der Waals surface area contributed by atoms with Crippen molar-refractivity contribution in [3.8, 4) is 0 Å². The van der Waals surface area contributed by atoms with E-state index in [9.17, 15) is 4.39 Å². The van der Waals surface area contributed by atoms with Gasteiger partial charge in [-0.2, -0.15) is 0 Å². The van der Waals surface area contributed by atoms with E-state index < -0.39 is 5.82 Å². The van der Waals surface area contributed by atoms with Crippen molar-refractivity contribution >= 4 is 26.7 Å². The molecule has 5 heteroatoms. The molecule has 0 saturated heterocycles. The highest BCUT2D eigenvalue weighted by atomic mass is 32.1. The predicted molar refractivity (Wildman–Crippen MR) is 49.9 cm³/mol. The SMILES string of the molecule is Nc1nc2c(F)cc(CO)cc2s1. The average molecular weight is 198 g/mol. The van der Waals surface area contributed by atoms with Crippen LogP contribution in [0.3, 0.4) is 0 Å². The Morgan fingerprint density at radius 2 is 2.31 bits per heavy atom. The summed E-state index contributed by atoms with van der Waals surface area (Å²) in [7, 11) is 0. The zero-order valence-corrected chi connectivity index (χ0v) is 7.44. The van der Waals surface area contributed by atoms with E-state index in [1.165, 1.54) is 17.4 Å². The molecule has 0 aliphatic rings. The molecule has 3 nitrogen and oxygen atoms in total. The minimum absolute atomic E-state index is 0.176. The predicted octanol–water partition coefficient (Wildman–Crippen LogP) is 1.51. The highest BCUT2D eigenvalue weighted by Gasteiger charge is 2.07. The lowest BCUT2D eigenvalue weighted by molar-refractivity contribution is 0.281. The number of aliphatic hydroxyl groups is 1. The lowest BCUT2D eigenvalue weighted by Gasteiger charge is -1.95. The summed E-state index contributed by atoms with van der Waals surface area (Å²) in [6, 6.07) is 2.95. The van der Waals surface area contributed by atoms with Crippen molar-refractivity contribution in [2.24, 2.45) is 0 Å². The fourth-order valence-electron chi connectivity index (χ4n) is 1.15. The normalized spacial score (nSPS) is 10.9. The van der Waals surface area contributed by atoms with E-state index >= 15 is 0 Å². The molecule has 1 heterocycles. The van der Waals surface area contributed by atoms with Gasteiger partial charge in [-0.05, 0) is 17.7 Å². The van der Waals surface area contributed by atoms with Crippen LogP contribution in [0.15, 0.2) is 12.1 Å². The van der Waals surface area contributed by atoms with Crippen LogP contribution in [-0.2, 0) is 6.61 Å². The summed E-state index contributed by atoms with van der Waals surface area (Å²) in [5.41, 5.74) is 6.24. The second-order valence-electron chi connectivity index (χ2n) is 2.63. The van der Waals surface area contributed by atoms with Gasteiger partial charge >= 0.3 is 0 Å². The van der Waals surface area contributed by atoms with Crippen LogP contribution in [0.4, 0.5) is 9.52 Å². The maximum atomic E-state index is 13.2. The third-order valence-electron chi connectivity index (χ3n) is 1.71. The standard InChI is InChI=1S/C8H7FN2OS/c9-5-1-4(3-12)2-6-7(5)11-8(10)13-6/h1-2,12H,3H2,(H2,10,11). The van der Waals surface area contributed by atoms with E-state index in [0.717, 1.165) is 0 Å². The van der Waals surface area contributed by atoms with Crippen LogP contribution in [0.5, 0.6) is 0 Å². The second-order valence-corrected chi connectivity index (χ2v) is 3.70. The van der Waals surface area contributed by atoms with E-state index in [0.29, 0.717) is 15.4 Å². The molecule has 0 aliphatic heterocycles. The number of anilines is 1. The van der Waals surface area contributed by atoms with Crippen LogP contribution in [0.25, 0.3) is 10.2 Å². The number of aliphatic hydroxyl groups excluding tert-OH is 1. The summed E-state index contributed by atoms with van der Waals surface area (Å²) in [6.07, 6.45) is 0. The van der Waals surface area contributed by atoms with Crippen molar-refractivity contribution in [2.45, 2.75) is 6.61 Å². The Labute approximate surface area is 77.6 Å². The fourth-order valence-corrected chi connectivity index (χ4v) is 1.96. The molecule has 0 unspecified atom stereocenters. The van der Waals surface area contributed by atoms with Gasteiger partial charge in [0, 0.05) is 0 Å². The Kier molecular flexibility index (Phi) is 1.90. The minimum atomic E-state index is -0.436. The molecule has 68 valence electrons. The molecular formula is C8H7FN2OS. The first-order valence-corrected chi connectivity index (χ1v) is 4.47. The third kappa shape index (κ3) is 1.36. The van der Waals surface area contributed by atoms with Crippen molar-refractivity contribution in [1.29, 1.82) is 0 Å². The maximum absolute atomic E-state index is 13.2. The molecule has 1 aromatic carbocycles. The molecule has 0 spiro atoms. The van der Waals surface area contributed by atoms with Crippen LogP contribution in [0.2, 0.25) is 0 Å². The number of rotatable bonds is 1. The number of nitrogens with zero attached hydrogens (tertiary/aromatic N) is 1. The Hall–Kier alpha value is -1.20. The molecule has 0 aliphatic carbocycles. The number of aromatic nitrogens is 1. The smallest absolute Gasteiger partial charge is 0.181 e. The van der Waals surface area contributed by atoms with Gasteiger partial charge in [-0.25, -0.2) is 9.37 Å². The number of benzene rings is 1. The van der Waals surface area contributed by atoms with Crippen molar-refractivity contribution in [3.05, 3.63) is 23.5 Å². The first-order chi connectivity index (χ1) is 6.20. The first-order valence-electron chi connectivity index (χ1n) is 3.66. The lowest BCUT2D eigenvalue weighted by Crippen LogP contribution is -1.86. The van der Waals surface area contributed by atoms with Gasteiger partial charge in [-0.3, -0.25) is 0 Å². The van der Waals surface area contributed by atoms with Crippen molar-refractivity contribution in [1.82, 2.24) is 4.98 Å². The van der Waals surface area contributed by atoms with Crippen LogP contribution in [-0.4, -0.2) is 10.1 Å². The molecule has 0 fully saturated rings. The second kappa shape index (κ2) is 2.93. The maximum Gasteiger partial charge on any atom is 0.181 e. The van der Waals surface area contributed by atoms with Gasteiger partial charge in [-0.15, -0.1) is 0 Å². The molecule has 0 radical (unpaired) electrons. The quantitative estimate of drug-likeness (QED) is 0.730. The highest BCUT2D eigenvalue weighted by Crippen LogP contribution is 2.27. The van der Waals surface area contributed by atoms with Gasteiger partial charge in [0.2, 0.25) is 0 Å². The van der Waals surface area contributed by atoms with Gasteiger partial charge in [0.1, 0.15) is 5.52 Å². The number of hydrogen-bond donors (Lipinski definition) is 2. The Morgan fingerprint density at radius 1 is 1.54 bits per heavy atom. The number of halogens is 1. The summed E-state index contributed by atoms with van der Waals surface area (Å²) >= 11 is 1.21. The summed E-state index contributed by atoms with van der Waals surface area (Å²) in [6.45, 7) is -0.176. The van der Waals surface area contributed by atoms with Crippen LogP contribution < -0.4 is 5.73 Å². The van der Waals surface area contributed by atoms with Crippen molar-refractivity contribution in [3.63, 3.8) is 0 Å². The van der Waals surface area contributed by atoms with E-state index in [4.69, 9.17) is 10.8 Å². The Balaban J connectivity index is 2.75. The topological polar surface area (TPSA) is 59.1 Å². The number of thiazole rings is 1. The average Bonchev–Trinajstić information content (AvgIpc) is 2.46. The van der Waals surface area contributed by atoms with Crippen molar-refractivity contribution < 1.29 is 9.50 Å². The molecule has 2 aromatic rings. The number of hydrogen-bond acceptors (Lipinski definition) is 4. The van der Waals surface area contributed by atoms with Gasteiger partial charge in [0.25, 0.3) is 0 Å². The monoisotopic (exact) mass is 198 g/mol. The molecule has 3 N–H and O–H groups in total. The highest BCUT2D eigenvalue weighted by molar-refractivity contribution is 7.22. The zero-order chi connectivity index (χ0) is 9.42. The summed E-state index contributed by atoms with van der Waals surface area (Å²) in [5.74, 6) is -0.436. The fraction of sp³-hybridized carbons (Fsp3) is 0.125. The van der Waals surface area contributed by atoms with Crippen LogP contribution in [0.1, 0.15) is 5.56 Å². The number of fused-ring (bicyclic) bond motifs is 1. The number of nitrogens with two attached hydrogens (primary N) is 1. The molecule has 0 saturated carbocycles. The van der Waals surface area contributed by atoms with Crippen LogP contribution >= 0.6 is 11.3 Å². The lowest BCUT2D eigenvalue weighted by atomic mass is 10.2. The molecule has 1 aromatic heterocycles. The molecule has 13 heavy (non-hydrogen) atoms.